The molecule has 1 aromatic heterocycles. The molecule has 0 radical (unpaired) electrons. The van der Waals surface area contributed by atoms with Crippen molar-refractivity contribution in [1.82, 2.24) is 4.98 Å². The van der Waals surface area contributed by atoms with E-state index in [0.717, 1.165) is 11.1 Å². The summed E-state index contributed by atoms with van der Waals surface area (Å²) in [6.45, 7) is 3.67. The lowest BCUT2D eigenvalue weighted by atomic mass is 10.0. The number of nitrogens with one attached hydrogen (secondary N) is 1. The third-order valence-corrected chi connectivity index (χ3v) is 2.95. The Kier molecular flexibility index (Phi) is 3.33. The van der Waals surface area contributed by atoms with Gasteiger partial charge in [0.25, 0.3) is 5.69 Å². The molecule has 0 saturated carbocycles. The van der Waals surface area contributed by atoms with E-state index in [4.69, 9.17) is 5.11 Å². The zero-order valence-electron chi connectivity index (χ0n) is 10.0. The van der Waals surface area contributed by atoms with Crippen LogP contribution in [0.2, 0.25) is 0 Å². The number of carboxylic acid groups (broad SMARTS) is 1. The van der Waals surface area contributed by atoms with E-state index < -0.39 is 10.9 Å². The van der Waals surface area contributed by atoms with Crippen LogP contribution in [0.3, 0.4) is 0 Å². The topological polar surface area (TPSA) is 96.2 Å². The van der Waals surface area contributed by atoms with Gasteiger partial charge in [0.2, 0.25) is 0 Å². The van der Waals surface area contributed by atoms with Crippen LogP contribution < -0.4 is 0 Å². The van der Waals surface area contributed by atoms with E-state index in [1.165, 1.54) is 6.07 Å². The molecule has 2 aromatic rings. The van der Waals surface area contributed by atoms with E-state index in [1.54, 1.807) is 18.3 Å². The average Bonchev–Trinajstić information content (AvgIpc) is 2.78. The second-order valence-corrected chi connectivity index (χ2v) is 4.09. The minimum Gasteiger partial charge on any atom is -0.481 e. The first kappa shape index (κ1) is 12.8. The average molecular weight is 260 g/mol. The van der Waals surface area contributed by atoms with Crippen LogP contribution in [0, 0.1) is 10.1 Å². The van der Waals surface area contributed by atoms with Crippen molar-refractivity contribution in [2.45, 2.75) is 12.8 Å². The van der Waals surface area contributed by atoms with Crippen molar-refractivity contribution in [3.8, 4) is 0 Å². The summed E-state index contributed by atoms with van der Waals surface area (Å²) in [4.78, 5) is 24.0. The summed E-state index contributed by atoms with van der Waals surface area (Å²) in [6.07, 6.45) is 3.52. The Morgan fingerprint density at radius 2 is 2.26 bits per heavy atom. The number of fused-ring (bicyclic) bond motifs is 1. The Morgan fingerprint density at radius 3 is 2.84 bits per heavy atom. The van der Waals surface area contributed by atoms with Crippen molar-refractivity contribution in [3.05, 3.63) is 46.1 Å². The normalized spacial score (nSPS) is 10.5. The van der Waals surface area contributed by atoms with Crippen LogP contribution >= 0.6 is 0 Å². The summed E-state index contributed by atoms with van der Waals surface area (Å²) >= 11 is 0. The highest BCUT2D eigenvalue weighted by atomic mass is 16.6. The van der Waals surface area contributed by atoms with Crippen molar-refractivity contribution in [2.24, 2.45) is 0 Å². The second-order valence-electron chi connectivity index (χ2n) is 4.09. The number of H-pyrrole nitrogens is 1. The third-order valence-electron chi connectivity index (χ3n) is 2.95. The van der Waals surface area contributed by atoms with E-state index in [1.807, 2.05) is 0 Å². The summed E-state index contributed by atoms with van der Waals surface area (Å²) in [7, 11) is 0. The van der Waals surface area contributed by atoms with E-state index >= 15 is 0 Å². The molecular weight excluding hydrogens is 248 g/mol. The Labute approximate surface area is 108 Å². The molecule has 0 amide bonds. The molecule has 0 atom stereocenters. The molecule has 0 bridgehead atoms. The molecule has 19 heavy (non-hydrogen) atoms. The quantitative estimate of drug-likeness (QED) is 0.638. The number of aromatic amines is 1. The minimum atomic E-state index is -0.903. The first-order chi connectivity index (χ1) is 9.04. The highest BCUT2D eigenvalue weighted by molar-refractivity contribution is 5.97. The van der Waals surface area contributed by atoms with Gasteiger partial charge in [0.05, 0.1) is 4.92 Å². The number of aryl methyl sites for hydroxylation is 1. The van der Waals surface area contributed by atoms with Crippen molar-refractivity contribution < 1.29 is 14.8 Å². The maximum Gasteiger partial charge on any atom is 0.303 e. The molecule has 6 heteroatoms. The first-order valence-electron chi connectivity index (χ1n) is 5.66. The van der Waals surface area contributed by atoms with Gasteiger partial charge < -0.3 is 10.1 Å². The molecule has 1 heterocycles. The number of aromatic nitrogens is 1. The standard InChI is InChI=1S/C13H12N2O4/c1-2-8-3-5-10(15(18)19)13-12(8)9(7-14-13)4-6-11(16)17/h2-3,5,7,14H,1,4,6H2,(H,16,17). The number of hydrogen-bond donors (Lipinski definition) is 2. The van der Waals surface area contributed by atoms with Crippen molar-refractivity contribution >= 4 is 28.6 Å². The number of hydrogen-bond acceptors (Lipinski definition) is 3. The van der Waals surface area contributed by atoms with Crippen molar-refractivity contribution in [1.29, 1.82) is 0 Å². The van der Waals surface area contributed by atoms with Gasteiger partial charge in [0.1, 0.15) is 5.52 Å². The van der Waals surface area contributed by atoms with Crippen LogP contribution in [0.1, 0.15) is 17.5 Å². The van der Waals surface area contributed by atoms with Crippen LogP contribution in [0.25, 0.3) is 17.0 Å². The van der Waals surface area contributed by atoms with Gasteiger partial charge in [-0.15, -0.1) is 0 Å². The van der Waals surface area contributed by atoms with E-state index in [-0.39, 0.29) is 12.1 Å². The van der Waals surface area contributed by atoms with E-state index in [0.29, 0.717) is 17.3 Å². The number of carbonyl (C=O) groups is 1. The third kappa shape index (κ3) is 2.33. The fraction of sp³-hybridized carbons (Fsp3) is 0.154. The predicted molar refractivity (Wildman–Crippen MR) is 71.0 cm³/mol. The monoisotopic (exact) mass is 260 g/mol. The lowest BCUT2D eigenvalue weighted by molar-refractivity contribution is -0.383. The molecule has 6 nitrogen and oxygen atoms in total. The number of nitro groups is 1. The number of aliphatic carboxylic acids is 1. The molecule has 0 spiro atoms. The second kappa shape index (κ2) is 4.93. The smallest absolute Gasteiger partial charge is 0.303 e. The van der Waals surface area contributed by atoms with Gasteiger partial charge in [0.15, 0.2) is 0 Å². The molecule has 98 valence electrons. The molecule has 1 aromatic carbocycles. The van der Waals surface area contributed by atoms with E-state index in [9.17, 15) is 14.9 Å². The Bertz CT molecular complexity index is 673. The molecule has 0 saturated heterocycles. The summed E-state index contributed by atoms with van der Waals surface area (Å²) in [5.74, 6) is -0.903. The highest BCUT2D eigenvalue weighted by Gasteiger charge is 2.18. The fourth-order valence-corrected chi connectivity index (χ4v) is 2.09. The number of benzene rings is 1. The zero-order valence-corrected chi connectivity index (χ0v) is 10.0. The molecule has 0 unspecified atom stereocenters. The zero-order chi connectivity index (χ0) is 14.0. The molecule has 0 aliphatic rings. The lowest BCUT2D eigenvalue weighted by Gasteiger charge is -2.02. The summed E-state index contributed by atoms with van der Waals surface area (Å²) < 4.78 is 0. The maximum absolute atomic E-state index is 11.0. The Balaban J connectivity index is 2.61. The lowest BCUT2D eigenvalue weighted by Crippen LogP contribution is -1.97. The number of non-ortho nitro benzene ring substituents is 1. The summed E-state index contributed by atoms with van der Waals surface area (Å²) in [5, 5.41) is 20.3. The molecular formula is C13H12N2O4. The molecule has 0 aliphatic carbocycles. The Morgan fingerprint density at radius 1 is 1.53 bits per heavy atom. The van der Waals surface area contributed by atoms with Gasteiger partial charge in [-0.05, 0) is 23.6 Å². The molecule has 0 aliphatic heterocycles. The highest BCUT2D eigenvalue weighted by Crippen LogP contribution is 2.31. The van der Waals surface area contributed by atoms with Crippen molar-refractivity contribution in [3.63, 3.8) is 0 Å². The van der Waals surface area contributed by atoms with Gasteiger partial charge in [-0.2, -0.15) is 0 Å². The summed E-state index contributed by atoms with van der Waals surface area (Å²) in [6, 6.07) is 3.03. The number of carboxylic acids is 1. The van der Waals surface area contributed by atoms with Crippen LogP contribution in [0.15, 0.2) is 24.9 Å². The number of nitrogens with zero attached hydrogens (tertiary/aromatic N) is 1. The van der Waals surface area contributed by atoms with Gasteiger partial charge in [-0.25, -0.2) is 0 Å². The number of rotatable bonds is 5. The maximum atomic E-state index is 11.0. The fourth-order valence-electron chi connectivity index (χ4n) is 2.09. The van der Waals surface area contributed by atoms with E-state index in [2.05, 4.69) is 11.6 Å². The van der Waals surface area contributed by atoms with Gasteiger partial charge >= 0.3 is 5.97 Å². The SMILES string of the molecule is C=Cc1ccc([N+](=O)[O-])c2[nH]cc(CCC(=O)O)c12. The minimum absolute atomic E-state index is 0.0216. The van der Waals surface area contributed by atoms with Gasteiger partial charge in [-0.3, -0.25) is 14.9 Å². The number of nitro benzene ring substituents is 1. The van der Waals surface area contributed by atoms with Gasteiger partial charge in [0, 0.05) is 24.1 Å². The molecule has 0 fully saturated rings. The largest absolute Gasteiger partial charge is 0.481 e. The van der Waals surface area contributed by atoms with Crippen LogP contribution in [-0.2, 0) is 11.2 Å². The van der Waals surface area contributed by atoms with Crippen LogP contribution in [0.5, 0.6) is 0 Å². The first-order valence-corrected chi connectivity index (χ1v) is 5.66. The van der Waals surface area contributed by atoms with Gasteiger partial charge in [-0.1, -0.05) is 12.7 Å². The summed E-state index contributed by atoms with van der Waals surface area (Å²) in [5.41, 5.74) is 1.88. The predicted octanol–water partition coefficient (Wildman–Crippen LogP) is 2.74. The molecule has 2 N–H and O–H groups in total. The Hall–Kier alpha value is -2.63. The van der Waals surface area contributed by atoms with Crippen LogP contribution in [-0.4, -0.2) is 21.0 Å². The van der Waals surface area contributed by atoms with Crippen LogP contribution in [0.4, 0.5) is 5.69 Å². The molecule has 2 rings (SSSR count). The van der Waals surface area contributed by atoms with Crippen molar-refractivity contribution in [2.75, 3.05) is 0 Å².